The van der Waals surface area contributed by atoms with Gasteiger partial charge in [0.25, 0.3) is 0 Å². The summed E-state index contributed by atoms with van der Waals surface area (Å²) in [4.78, 5) is 0. The van der Waals surface area contributed by atoms with E-state index in [-0.39, 0.29) is 5.56 Å². The molecule has 0 saturated carbocycles. The van der Waals surface area contributed by atoms with Crippen molar-refractivity contribution in [2.45, 2.75) is 6.18 Å². The average molecular weight is 881 g/mol. The first-order chi connectivity index (χ1) is 33.2. The minimum atomic E-state index is -4.65. The van der Waals surface area contributed by atoms with Crippen molar-refractivity contribution in [3.63, 3.8) is 0 Å². The van der Waals surface area contributed by atoms with Gasteiger partial charge in [-0.15, -0.1) is 0 Å². The number of rotatable bonds is 6. The Morgan fingerprint density at radius 3 is 1.40 bits per heavy atom. The maximum Gasteiger partial charge on any atom is 0.416 e. The molecule has 0 N–H and O–H groups in total. The number of nitrogens with zero attached hydrogens (tertiary/aromatic N) is 6. The Morgan fingerprint density at radius 1 is 0.338 bits per heavy atom. The molecule has 0 unspecified atom stereocenters. The molecule has 9 heteroatoms. The summed E-state index contributed by atoms with van der Waals surface area (Å²) in [6, 6.07) is 66.6. The smallest absolute Gasteiger partial charge is 0.309 e. The number of aromatic nitrogens is 2. The molecule has 318 valence electrons. The molecule has 6 nitrogen and oxygen atoms in total. The van der Waals surface area contributed by atoms with Gasteiger partial charge in [0, 0.05) is 38.4 Å². The summed E-state index contributed by atoms with van der Waals surface area (Å²) in [5, 5.41) is 44.9. The van der Waals surface area contributed by atoms with Crippen molar-refractivity contribution in [2.24, 2.45) is 0 Å². The molecule has 11 aromatic rings. The highest BCUT2D eigenvalue weighted by atomic mass is 19.4. The molecule has 0 atom stereocenters. The van der Waals surface area contributed by atoms with Crippen molar-refractivity contribution >= 4 is 43.6 Å². The Bertz CT molecular complexity index is 4090. The van der Waals surface area contributed by atoms with Gasteiger partial charge >= 0.3 is 6.18 Å². The van der Waals surface area contributed by atoms with E-state index in [0.717, 1.165) is 83.7 Å². The molecule has 0 spiro atoms. The van der Waals surface area contributed by atoms with Crippen LogP contribution in [0.15, 0.2) is 188 Å². The largest absolute Gasteiger partial charge is 0.416 e. The van der Waals surface area contributed by atoms with Crippen LogP contribution in [0.3, 0.4) is 0 Å². The summed E-state index contributed by atoms with van der Waals surface area (Å²) in [6.45, 7) is 0. The van der Waals surface area contributed by atoms with E-state index in [2.05, 4.69) is 45.5 Å². The van der Waals surface area contributed by atoms with Crippen molar-refractivity contribution in [3.05, 3.63) is 216 Å². The predicted molar refractivity (Wildman–Crippen MR) is 261 cm³/mol. The molecule has 2 heterocycles. The number of hydrogen-bond acceptors (Lipinski definition) is 4. The standard InChI is InChI=1S/C59H31F3N6/c60-59(61,62)43-21-23-47(42(27-43)35-66)38-20-26-58(68-55-16-8-6-14-49(55)52-29-37(19-25-57(52)68)46-12-4-2-10-40(46)33-64)53(30-38)50-31-44(22-17-41(50)34-65)67-54-15-7-5-13-48(54)51-28-36(18-24-56(51)67)45-11-3-1-9-39(45)32-63/h1-31H. The van der Waals surface area contributed by atoms with Crippen LogP contribution in [-0.2, 0) is 6.18 Å². The first kappa shape index (κ1) is 41.1. The zero-order valence-corrected chi connectivity index (χ0v) is 35.7. The van der Waals surface area contributed by atoms with Crippen LogP contribution in [0.2, 0.25) is 0 Å². The lowest BCUT2D eigenvalue weighted by Crippen LogP contribution is -2.05. The first-order valence-corrected chi connectivity index (χ1v) is 21.6. The molecule has 0 saturated heterocycles. The molecule has 0 aliphatic rings. The number of alkyl halides is 3. The Hall–Kier alpha value is -9.67. The van der Waals surface area contributed by atoms with Gasteiger partial charge in [0.05, 0.1) is 79.8 Å². The summed E-state index contributed by atoms with van der Waals surface area (Å²) in [6.07, 6.45) is -4.65. The topological polar surface area (TPSA) is 105 Å². The highest BCUT2D eigenvalue weighted by molar-refractivity contribution is 6.12. The third-order valence-electron chi connectivity index (χ3n) is 12.7. The van der Waals surface area contributed by atoms with Crippen LogP contribution in [0.1, 0.15) is 27.8 Å². The SMILES string of the molecule is N#Cc1ccccc1-c1ccc2c(c1)c1ccccc1n2-c1ccc(C#N)c(-c2cc(-c3ccc(C(F)(F)F)cc3C#N)ccc2-n2c3ccccc3c3cc(-c4ccccc4C#N)ccc32)c1. The van der Waals surface area contributed by atoms with Crippen molar-refractivity contribution in [3.8, 4) is 80.2 Å². The van der Waals surface area contributed by atoms with E-state index in [1.165, 1.54) is 6.07 Å². The molecule has 0 aliphatic carbocycles. The van der Waals surface area contributed by atoms with Crippen molar-refractivity contribution in [1.29, 1.82) is 21.0 Å². The van der Waals surface area contributed by atoms with Gasteiger partial charge in [0.15, 0.2) is 0 Å². The normalized spacial score (nSPS) is 11.4. The van der Waals surface area contributed by atoms with Crippen molar-refractivity contribution < 1.29 is 13.2 Å². The Labute approximate surface area is 387 Å². The molecular formula is C59H31F3N6. The van der Waals surface area contributed by atoms with Gasteiger partial charge in [-0.05, 0) is 124 Å². The van der Waals surface area contributed by atoms with E-state index in [0.29, 0.717) is 44.6 Å². The van der Waals surface area contributed by atoms with Crippen molar-refractivity contribution in [1.82, 2.24) is 9.13 Å². The Morgan fingerprint density at radius 2 is 0.809 bits per heavy atom. The highest BCUT2D eigenvalue weighted by Gasteiger charge is 2.31. The van der Waals surface area contributed by atoms with Crippen LogP contribution < -0.4 is 0 Å². The van der Waals surface area contributed by atoms with Gasteiger partial charge in [0.1, 0.15) is 0 Å². The van der Waals surface area contributed by atoms with Crippen LogP contribution in [0.5, 0.6) is 0 Å². The monoisotopic (exact) mass is 880 g/mol. The predicted octanol–water partition coefficient (Wildman–Crippen LogP) is 15.1. The minimum absolute atomic E-state index is 0.142. The zero-order valence-electron chi connectivity index (χ0n) is 35.7. The maximum atomic E-state index is 13.9. The van der Waals surface area contributed by atoms with E-state index < -0.39 is 11.7 Å². The average Bonchev–Trinajstić information content (AvgIpc) is 3.89. The summed E-state index contributed by atoms with van der Waals surface area (Å²) in [5.41, 5.74) is 10.7. The summed E-state index contributed by atoms with van der Waals surface area (Å²) in [7, 11) is 0. The van der Waals surface area contributed by atoms with Gasteiger partial charge < -0.3 is 9.13 Å². The van der Waals surface area contributed by atoms with E-state index in [1.54, 1.807) is 24.3 Å². The molecular weight excluding hydrogens is 850 g/mol. The first-order valence-electron chi connectivity index (χ1n) is 21.6. The number of halogens is 3. The highest BCUT2D eigenvalue weighted by Crippen LogP contribution is 2.43. The lowest BCUT2D eigenvalue weighted by atomic mass is 9.91. The van der Waals surface area contributed by atoms with Crippen LogP contribution in [0.25, 0.3) is 99.5 Å². The number of hydrogen-bond donors (Lipinski definition) is 0. The van der Waals surface area contributed by atoms with Crippen molar-refractivity contribution in [2.75, 3.05) is 0 Å². The summed E-state index contributed by atoms with van der Waals surface area (Å²) >= 11 is 0. The maximum absolute atomic E-state index is 13.9. The number of fused-ring (bicyclic) bond motifs is 6. The fraction of sp³-hybridized carbons (Fsp3) is 0.0169. The third-order valence-corrected chi connectivity index (χ3v) is 12.7. The summed E-state index contributed by atoms with van der Waals surface area (Å²) < 4.78 is 46.1. The van der Waals surface area contributed by atoms with Gasteiger partial charge in [-0.25, -0.2) is 0 Å². The van der Waals surface area contributed by atoms with Gasteiger partial charge in [-0.1, -0.05) is 97.1 Å². The van der Waals surface area contributed by atoms with E-state index >= 15 is 0 Å². The molecule has 0 aliphatic heterocycles. The summed E-state index contributed by atoms with van der Waals surface area (Å²) in [5.74, 6) is 0. The Balaban J connectivity index is 1.18. The molecule has 0 radical (unpaired) electrons. The quantitative estimate of drug-likeness (QED) is 0.166. The Kier molecular flexibility index (Phi) is 9.72. The minimum Gasteiger partial charge on any atom is -0.309 e. The van der Waals surface area contributed by atoms with Crippen LogP contribution in [-0.4, -0.2) is 9.13 Å². The second-order valence-corrected chi connectivity index (χ2v) is 16.4. The van der Waals surface area contributed by atoms with Gasteiger partial charge in [0.2, 0.25) is 0 Å². The molecule has 2 aromatic heterocycles. The number of benzene rings is 9. The van der Waals surface area contributed by atoms with E-state index in [1.807, 2.05) is 133 Å². The van der Waals surface area contributed by atoms with E-state index in [4.69, 9.17) is 0 Å². The number of nitriles is 4. The molecule has 68 heavy (non-hydrogen) atoms. The van der Waals surface area contributed by atoms with Crippen LogP contribution in [0.4, 0.5) is 13.2 Å². The van der Waals surface area contributed by atoms with Crippen LogP contribution >= 0.6 is 0 Å². The molecule has 0 amide bonds. The third kappa shape index (κ3) is 6.63. The van der Waals surface area contributed by atoms with Crippen LogP contribution in [0, 0.1) is 45.3 Å². The number of para-hydroxylation sites is 2. The van der Waals surface area contributed by atoms with Gasteiger partial charge in [-0.2, -0.15) is 34.2 Å². The van der Waals surface area contributed by atoms with E-state index in [9.17, 15) is 34.2 Å². The second-order valence-electron chi connectivity index (χ2n) is 16.4. The van der Waals surface area contributed by atoms with Gasteiger partial charge in [-0.3, -0.25) is 0 Å². The fourth-order valence-corrected chi connectivity index (χ4v) is 9.65. The molecule has 11 rings (SSSR count). The fourth-order valence-electron chi connectivity index (χ4n) is 9.65. The lowest BCUT2D eigenvalue weighted by Gasteiger charge is -2.19. The second kappa shape index (κ2) is 16.1. The molecule has 0 bridgehead atoms. The lowest BCUT2D eigenvalue weighted by molar-refractivity contribution is -0.137. The zero-order chi connectivity index (χ0) is 46.7. The molecule has 0 fully saturated rings. The molecule has 9 aromatic carbocycles.